The predicted octanol–water partition coefficient (Wildman–Crippen LogP) is 3.14. The van der Waals surface area contributed by atoms with E-state index in [1.165, 1.54) is 18.2 Å². The molecule has 2 aliphatic rings. The normalized spacial score (nSPS) is 16.9. The second kappa shape index (κ2) is 8.26. The fourth-order valence-electron chi connectivity index (χ4n) is 3.79. The minimum absolute atomic E-state index is 0.0601. The number of hydrogen-bond acceptors (Lipinski definition) is 7. The topological polar surface area (TPSA) is 104 Å². The Bertz CT molecular complexity index is 1030. The molecule has 0 atom stereocenters. The lowest BCUT2D eigenvalue weighted by molar-refractivity contribution is -0.0509. The summed E-state index contributed by atoms with van der Waals surface area (Å²) in [4.78, 5) is 16.6. The Labute approximate surface area is 178 Å². The third-order valence-corrected chi connectivity index (χ3v) is 6.23. The van der Waals surface area contributed by atoms with Crippen LogP contribution >= 0.6 is 12.1 Å². The molecule has 0 aliphatic carbocycles. The minimum atomic E-state index is -0.809. The van der Waals surface area contributed by atoms with Gasteiger partial charge in [-0.1, -0.05) is 0 Å². The SMILES string of the molecule is Cc1c(NSNC2(C)COC2)c2n(c1C(=O)Nc1cc(F)nc(C#N)c1)CCCC2. The summed E-state index contributed by atoms with van der Waals surface area (Å²) >= 11 is 1.39. The van der Waals surface area contributed by atoms with Crippen LogP contribution < -0.4 is 14.8 Å². The average Bonchev–Trinajstić information content (AvgIpc) is 2.98. The van der Waals surface area contributed by atoms with Gasteiger partial charge in [0.25, 0.3) is 5.91 Å². The monoisotopic (exact) mass is 430 g/mol. The van der Waals surface area contributed by atoms with Gasteiger partial charge in [-0.25, -0.2) is 9.71 Å². The lowest BCUT2D eigenvalue weighted by Crippen LogP contribution is -2.55. The first-order valence-electron chi connectivity index (χ1n) is 9.78. The highest BCUT2D eigenvalue weighted by Gasteiger charge is 2.33. The third-order valence-electron chi connectivity index (χ3n) is 5.33. The molecule has 1 amide bonds. The van der Waals surface area contributed by atoms with Crippen LogP contribution in [0.4, 0.5) is 15.8 Å². The zero-order chi connectivity index (χ0) is 21.3. The molecule has 2 aromatic rings. The zero-order valence-electron chi connectivity index (χ0n) is 16.8. The highest BCUT2D eigenvalue weighted by Crippen LogP contribution is 2.34. The minimum Gasteiger partial charge on any atom is -0.377 e. The van der Waals surface area contributed by atoms with Gasteiger partial charge >= 0.3 is 0 Å². The lowest BCUT2D eigenvalue weighted by Gasteiger charge is -2.38. The molecule has 0 spiro atoms. The second-order valence-electron chi connectivity index (χ2n) is 7.89. The van der Waals surface area contributed by atoms with Crippen LogP contribution in [0.2, 0.25) is 0 Å². The summed E-state index contributed by atoms with van der Waals surface area (Å²) < 4.78 is 27.7. The molecule has 8 nitrogen and oxygen atoms in total. The summed E-state index contributed by atoms with van der Waals surface area (Å²) in [6.07, 6.45) is 2.92. The molecule has 0 bridgehead atoms. The molecule has 0 radical (unpaired) electrons. The highest BCUT2D eigenvalue weighted by molar-refractivity contribution is 7.98. The second-order valence-corrected chi connectivity index (χ2v) is 8.51. The van der Waals surface area contributed by atoms with Crippen molar-refractivity contribution in [1.29, 1.82) is 5.26 Å². The summed E-state index contributed by atoms with van der Waals surface area (Å²) in [5.74, 6) is -1.15. The van der Waals surface area contributed by atoms with E-state index in [1.807, 2.05) is 11.5 Å². The van der Waals surface area contributed by atoms with Crippen molar-refractivity contribution in [2.45, 2.75) is 45.2 Å². The van der Waals surface area contributed by atoms with Crippen molar-refractivity contribution in [2.24, 2.45) is 0 Å². The predicted molar refractivity (Wildman–Crippen MR) is 113 cm³/mol. The van der Waals surface area contributed by atoms with E-state index < -0.39 is 5.95 Å². The number of rotatable bonds is 6. The number of aromatic nitrogens is 2. The molecule has 0 aromatic carbocycles. The number of nitrogens with zero attached hydrogens (tertiary/aromatic N) is 3. The van der Waals surface area contributed by atoms with Crippen LogP contribution in [0.15, 0.2) is 12.1 Å². The Morgan fingerprint density at radius 2 is 2.20 bits per heavy atom. The Morgan fingerprint density at radius 1 is 1.40 bits per heavy atom. The Morgan fingerprint density at radius 3 is 2.90 bits per heavy atom. The van der Waals surface area contributed by atoms with Gasteiger partial charge in [-0.3, -0.25) is 4.79 Å². The van der Waals surface area contributed by atoms with Gasteiger partial charge in [-0.2, -0.15) is 9.65 Å². The first-order valence-corrected chi connectivity index (χ1v) is 10.6. The standard InChI is InChI=1S/C20H23FN6O2S/c1-12-17(25-30-26-20(2)10-29-11-20)15-5-3-4-6-27(15)18(12)19(28)24-13-7-14(9-22)23-16(21)8-13/h7-8,25-26H,3-6,10-11H2,1-2H3,(H,23,24,28). The quantitative estimate of drug-likeness (QED) is 0.478. The molecule has 158 valence electrons. The number of fused-ring (bicyclic) bond motifs is 1. The molecule has 30 heavy (non-hydrogen) atoms. The van der Waals surface area contributed by atoms with Crippen molar-refractivity contribution in [1.82, 2.24) is 14.3 Å². The third kappa shape index (κ3) is 4.01. The maximum Gasteiger partial charge on any atom is 0.272 e. The summed E-state index contributed by atoms with van der Waals surface area (Å²) in [6, 6.07) is 4.26. The fourth-order valence-corrected chi connectivity index (χ4v) is 4.58. The van der Waals surface area contributed by atoms with Crippen LogP contribution in [0, 0.1) is 24.2 Å². The molecule has 10 heteroatoms. The maximum atomic E-state index is 13.6. The van der Waals surface area contributed by atoms with E-state index in [2.05, 4.69) is 26.7 Å². The van der Waals surface area contributed by atoms with Crippen molar-refractivity contribution in [3.8, 4) is 6.07 Å². The Hall–Kier alpha value is -2.61. The van der Waals surface area contributed by atoms with Crippen molar-refractivity contribution in [2.75, 3.05) is 23.3 Å². The van der Waals surface area contributed by atoms with Crippen molar-refractivity contribution in [3.05, 3.63) is 40.7 Å². The van der Waals surface area contributed by atoms with E-state index in [0.29, 0.717) is 18.9 Å². The van der Waals surface area contributed by atoms with Crippen LogP contribution in [0.1, 0.15) is 47.2 Å². The largest absolute Gasteiger partial charge is 0.377 e. The number of hydrogen-bond donors (Lipinski definition) is 3. The van der Waals surface area contributed by atoms with E-state index in [-0.39, 0.29) is 22.8 Å². The van der Waals surface area contributed by atoms with Gasteiger partial charge in [0.15, 0.2) is 0 Å². The summed E-state index contributed by atoms with van der Waals surface area (Å²) in [5, 5.41) is 11.7. The number of amides is 1. The van der Waals surface area contributed by atoms with Gasteiger partial charge in [0.1, 0.15) is 17.5 Å². The number of halogens is 1. The highest BCUT2D eigenvalue weighted by atomic mass is 32.2. The number of ether oxygens (including phenoxy) is 1. The van der Waals surface area contributed by atoms with Gasteiger partial charge < -0.3 is 19.3 Å². The summed E-state index contributed by atoms with van der Waals surface area (Å²) in [7, 11) is 0. The Kier molecular flexibility index (Phi) is 5.69. The van der Waals surface area contributed by atoms with Gasteiger partial charge in [-0.15, -0.1) is 0 Å². The number of carbonyl (C=O) groups is 1. The lowest BCUT2D eigenvalue weighted by atomic mass is 10.0. The van der Waals surface area contributed by atoms with Crippen LogP contribution in [0.3, 0.4) is 0 Å². The zero-order valence-corrected chi connectivity index (χ0v) is 17.7. The van der Waals surface area contributed by atoms with Crippen LogP contribution in [0.5, 0.6) is 0 Å². The molecule has 3 N–H and O–H groups in total. The van der Waals surface area contributed by atoms with Crippen LogP contribution in [-0.2, 0) is 17.7 Å². The molecule has 0 unspecified atom stereocenters. The number of nitrogens with one attached hydrogen (secondary N) is 3. The smallest absolute Gasteiger partial charge is 0.272 e. The van der Waals surface area contributed by atoms with Crippen molar-refractivity contribution < 1.29 is 13.9 Å². The molecular weight excluding hydrogens is 407 g/mol. The van der Waals surface area contributed by atoms with Gasteiger partial charge in [-0.05, 0) is 39.2 Å². The van der Waals surface area contributed by atoms with E-state index in [4.69, 9.17) is 10.00 Å². The van der Waals surface area contributed by atoms with Crippen LogP contribution in [-0.4, -0.2) is 34.2 Å². The molecule has 2 aliphatic heterocycles. The molecule has 4 rings (SSSR count). The van der Waals surface area contributed by atoms with E-state index in [1.54, 1.807) is 6.07 Å². The Balaban J connectivity index is 1.58. The molecule has 1 fully saturated rings. The fraction of sp³-hybridized carbons (Fsp3) is 0.450. The van der Waals surface area contributed by atoms with E-state index in [0.717, 1.165) is 48.8 Å². The van der Waals surface area contributed by atoms with Crippen molar-refractivity contribution in [3.63, 3.8) is 0 Å². The first-order chi connectivity index (χ1) is 14.4. The van der Waals surface area contributed by atoms with Crippen molar-refractivity contribution >= 4 is 29.4 Å². The van der Waals surface area contributed by atoms with E-state index >= 15 is 0 Å². The molecule has 0 saturated carbocycles. The number of anilines is 2. The van der Waals surface area contributed by atoms with Crippen LogP contribution in [0.25, 0.3) is 0 Å². The maximum absolute atomic E-state index is 13.6. The molecule has 1 saturated heterocycles. The summed E-state index contributed by atoms with van der Waals surface area (Å²) in [5.41, 5.74) is 3.46. The van der Waals surface area contributed by atoms with Gasteiger partial charge in [0.05, 0.1) is 24.4 Å². The van der Waals surface area contributed by atoms with E-state index in [9.17, 15) is 9.18 Å². The van der Waals surface area contributed by atoms with Gasteiger partial charge in [0.2, 0.25) is 5.95 Å². The average molecular weight is 431 g/mol. The first kappa shape index (κ1) is 20.7. The number of nitriles is 1. The molecular formula is C20H23FN6O2S. The molecule has 2 aromatic heterocycles. The summed E-state index contributed by atoms with van der Waals surface area (Å²) in [6.45, 7) is 6.07. The van der Waals surface area contributed by atoms with Gasteiger partial charge in [0, 0.05) is 41.7 Å². The molecule has 4 heterocycles. The number of carbonyl (C=O) groups excluding carboxylic acids is 1. The number of pyridine rings is 1.